The molecule has 3 atom stereocenters. The van der Waals surface area contributed by atoms with Crippen LogP contribution in [-0.4, -0.2) is 67.8 Å². The van der Waals surface area contributed by atoms with E-state index < -0.39 is 38.8 Å². The lowest BCUT2D eigenvalue weighted by molar-refractivity contribution is -0.185. The topological polar surface area (TPSA) is 129 Å². The van der Waals surface area contributed by atoms with Crippen molar-refractivity contribution in [3.05, 3.63) is 0 Å². The zero-order valence-electron chi connectivity index (χ0n) is 24.2. The molecule has 0 saturated carbocycles. The van der Waals surface area contributed by atoms with Gasteiger partial charge in [0.25, 0.3) is 0 Å². The van der Waals surface area contributed by atoms with Gasteiger partial charge in [0.1, 0.15) is 0 Å². The summed E-state index contributed by atoms with van der Waals surface area (Å²) in [5, 5.41) is 22.6. The molecule has 0 aliphatic rings. The van der Waals surface area contributed by atoms with E-state index in [4.69, 9.17) is 5.73 Å². The lowest BCUT2D eigenvalue weighted by Gasteiger charge is -2.65. The zero-order chi connectivity index (χ0) is 27.4. The van der Waals surface area contributed by atoms with E-state index in [9.17, 15) is 14.7 Å². The van der Waals surface area contributed by atoms with E-state index in [-0.39, 0.29) is 18.4 Å². The molecule has 0 fully saturated rings. The fraction of sp³-hybridized carbons (Fsp3) is 0.923. The van der Waals surface area contributed by atoms with E-state index in [1.165, 1.54) is 0 Å². The maximum absolute atomic E-state index is 13.9. The van der Waals surface area contributed by atoms with Gasteiger partial charge in [-0.2, -0.15) is 0 Å². The largest absolute Gasteiger partial charge is 0.392 e. The average Bonchev–Trinajstić information content (AvgIpc) is 2.75. The predicted molar refractivity (Wildman–Crippen MR) is 141 cm³/mol. The third kappa shape index (κ3) is 5.30. The van der Waals surface area contributed by atoms with Crippen LogP contribution in [0.1, 0.15) is 82.6 Å². The number of amides is 2. The van der Waals surface area contributed by atoms with E-state index in [1.54, 1.807) is 6.92 Å². The van der Waals surface area contributed by atoms with Crippen molar-refractivity contribution in [2.45, 2.75) is 99.8 Å². The molecule has 0 saturated heterocycles. The van der Waals surface area contributed by atoms with Gasteiger partial charge in [-0.15, -0.1) is 0 Å². The lowest BCUT2D eigenvalue weighted by atomic mass is 9.40. The molecular weight excluding hydrogens is 430 g/mol. The van der Waals surface area contributed by atoms with Crippen molar-refractivity contribution in [1.82, 2.24) is 21.3 Å². The van der Waals surface area contributed by atoms with E-state index in [0.29, 0.717) is 19.5 Å². The Labute approximate surface area is 209 Å². The smallest absolute Gasteiger partial charge is 0.228 e. The van der Waals surface area contributed by atoms with Crippen LogP contribution in [0.3, 0.4) is 0 Å². The second kappa shape index (κ2) is 11.2. The van der Waals surface area contributed by atoms with Crippen LogP contribution < -0.4 is 27.0 Å². The minimum Gasteiger partial charge on any atom is -0.392 e. The highest BCUT2D eigenvalue weighted by Crippen LogP contribution is 2.64. The van der Waals surface area contributed by atoms with Crippen LogP contribution in [-0.2, 0) is 9.59 Å². The van der Waals surface area contributed by atoms with Gasteiger partial charge in [0.15, 0.2) is 0 Å². The molecule has 0 aliphatic carbocycles. The van der Waals surface area contributed by atoms with Gasteiger partial charge in [-0.05, 0) is 86.4 Å². The fourth-order valence-electron chi connectivity index (χ4n) is 5.35. The molecule has 3 unspecified atom stereocenters. The number of nitrogens with two attached hydrogens (primary N) is 1. The highest BCUT2D eigenvalue weighted by atomic mass is 16.3. The number of aliphatic hydroxyl groups excluding tert-OH is 1. The van der Waals surface area contributed by atoms with Crippen LogP contribution in [0.4, 0.5) is 0 Å². The second-order valence-electron chi connectivity index (χ2n) is 12.2. The number of hydrogen-bond donors (Lipinski definition) is 6. The van der Waals surface area contributed by atoms with Crippen molar-refractivity contribution < 1.29 is 14.7 Å². The second-order valence-corrected chi connectivity index (χ2v) is 12.2. The van der Waals surface area contributed by atoms with Crippen molar-refractivity contribution in [1.29, 1.82) is 0 Å². The maximum Gasteiger partial charge on any atom is 0.228 e. The first-order valence-electron chi connectivity index (χ1n) is 12.5. The quantitative estimate of drug-likeness (QED) is 0.209. The number of rotatable bonds is 14. The summed E-state index contributed by atoms with van der Waals surface area (Å²) >= 11 is 0. The monoisotopic (exact) mass is 485 g/mol. The van der Waals surface area contributed by atoms with Gasteiger partial charge in [0.2, 0.25) is 11.8 Å². The molecule has 0 aromatic carbocycles. The van der Waals surface area contributed by atoms with Crippen LogP contribution in [0.25, 0.3) is 0 Å². The molecule has 0 heterocycles. The van der Waals surface area contributed by atoms with Gasteiger partial charge >= 0.3 is 0 Å². The highest BCUT2D eigenvalue weighted by Gasteiger charge is 2.69. The standard InChI is InChI=1S/C26H55N5O3/c1-18(32)17-31-20(34)26(11,24(8,9)29-13)22(4,5)21(2,3)25(10,23(6,7)28-12)19(33)30-16-14-15-27/h18,28-29,32H,14-17,27H2,1-13H3,(H,30,33)(H,31,34). The van der Waals surface area contributed by atoms with Crippen molar-refractivity contribution in [3.8, 4) is 0 Å². The van der Waals surface area contributed by atoms with Gasteiger partial charge in [-0.3, -0.25) is 9.59 Å². The Bertz CT molecular complexity index is 703. The summed E-state index contributed by atoms with van der Waals surface area (Å²) in [5.74, 6) is -0.244. The highest BCUT2D eigenvalue weighted by molar-refractivity contribution is 5.87. The molecule has 0 aromatic rings. The molecule has 8 heteroatoms. The molecule has 0 bridgehead atoms. The lowest BCUT2D eigenvalue weighted by Crippen LogP contribution is -2.74. The van der Waals surface area contributed by atoms with Crippen LogP contribution in [0.2, 0.25) is 0 Å². The van der Waals surface area contributed by atoms with Gasteiger partial charge in [-0.25, -0.2) is 0 Å². The van der Waals surface area contributed by atoms with Crippen molar-refractivity contribution in [3.63, 3.8) is 0 Å². The Kier molecular flexibility index (Phi) is 10.8. The Morgan fingerprint density at radius 2 is 1.12 bits per heavy atom. The van der Waals surface area contributed by atoms with Gasteiger partial charge < -0.3 is 32.1 Å². The third-order valence-corrected chi connectivity index (χ3v) is 9.95. The van der Waals surface area contributed by atoms with Gasteiger partial charge in [0.05, 0.1) is 16.9 Å². The van der Waals surface area contributed by atoms with E-state index in [2.05, 4.69) is 49.0 Å². The summed E-state index contributed by atoms with van der Waals surface area (Å²) in [6, 6.07) is 0. The van der Waals surface area contributed by atoms with Gasteiger partial charge in [0, 0.05) is 24.2 Å². The first-order valence-corrected chi connectivity index (χ1v) is 12.5. The number of carbonyl (C=O) groups is 2. The fourth-order valence-corrected chi connectivity index (χ4v) is 5.35. The molecule has 34 heavy (non-hydrogen) atoms. The molecule has 2 amide bonds. The van der Waals surface area contributed by atoms with Crippen LogP contribution in [0.15, 0.2) is 0 Å². The Balaban J connectivity index is 7.05. The van der Waals surface area contributed by atoms with E-state index in [1.807, 2.05) is 55.6 Å². The van der Waals surface area contributed by atoms with Crippen molar-refractivity contribution >= 4 is 11.8 Å². The van der Waals surface area contributed by atoms with E-state index >= 15 is 0 Å². The molecule has 0 aliphatic heterocycles. The molecule has 0 rings (SSSR count). The number of nitrogens with one attached hydrogen (secondary N) is 4. The average molecular weight is 486 g/mol. The maximum atomic E-state index is 13.9. The minimum atomic E-state index is -0.976. The molecule has 0 aromatic heterocycles. The van der Waals surface area contributed by atoms with Crippen LogP contribution >= 0.6 is 0 Å². The summed E-state index contributed by atoms with van der Waals surface area (Å²) < 4.78 is 0. The van der Waals surface area contributed by atoms with Crippen molar-refractivity contribution in [2.75, 3.05) is 33.7 Å². The molecule has 202 valence electrons. The van der Waals surface area contributed by atoms with Crippen molar-refractivity contribution in [2.24, 2.45) is 27.4 Å². The Hall–Kier alpha value is -1.22. The summed E-state index contributed by atoms with van der Waals surface area (Å²) in [6.45, 7) is 23.1. The normalized spacial score (nSPS) is 18.0. The summed E-state index contributed by atoms with van der Waals surface area (Å²) in [4.78, 5) is 27.8. The molecule has 8 nitrogen and oxygen atoms in total. The first-order chi connectivity index (χ1) is 15.2. The SMILES string of the molecule is CNC(C)(C)C(C)(C(=O)NCCCN)C(C)(C)C(C)(C)C(C)(C(=O)NCC(C)O)C(C)(C)NC. The first kappa shape index (κ1) is 32.8. The summed E-state index contributed by atoms with van der Waals surface area (Å²) in [5.41, 5.74) is 1.08. The third-order valence-electron chi connectivity index (χ3n) is 9.95. The van der Waals surface area contributed by atoms with Crippen LogP contribution in [0.5, 0.6) is 0 Å². The Morgan fingerprint density at radius 3 is 1.41 bits per heavy atom. The molecule has 7 N–H and O–H groups in total. The zero-order valence-corrected chi connectivity index (χ0v) is 24.2. The minimum absolute atomic E-state index is 0.0765. The number of carbonyl (C=O) groups excluding carboxylic acids is 2. The van der Waals surface area contributed by atoms with Gasteiger partial charge in [-0.1, -0.05) is 27.7 Å². The summed E-state index contributed by atoms with van der Waals surface area (Å²) in [7, 11) is 3.71. The summed E-state index contributed by atoms with van der Waals surface area (Å²) in [6.07, 6.45) is 0.0292. The number of aliphatic hydroxyl groups is 1. The molecule has 0 spiro atoms. The Morgan fingerprint density at radius 1 is 0.765 bits per heavy atom. The molecule has 0 radical (unpaired) electrons. The van der Waals surface area contributed by atoms with Crippen LogP contribution in [0, 0.1) is 21.7 Å². The number of hydrogen-bond acceptors (Lipinski definition) is 6. The van der Waals surface area contributed by atoms with E-state index in [0.717, 1.165) is 0 Å². The molecular formula is C26H55N5O3. The predicted octanol–water partition coefficient (Wildman–Crippen LogP) is 2.01.